The van der Waals surface area contributed by atoms with E-state index in [1.165, 1.54) is 64.2 Å². The minimum atomic E-state index is -4.99. The maximum atomic E-state index is 13.1. The molecule has 0 aromatic heterocycles. The molecular weight excluding hydrogens is 1280 g/mol. The maximum Gasteiger partial charge on any atom is 0.472 e. The summed E-state index contributed by atoms with van der Waals surface area (Å²) < 4.78 is 68.2. The third-order valence-electron chi connectivity index (χ3n) is 15.1. The lowest BCUT2D eigenvalue weighted by Crippen LogP contribution is -2.30. The highest BCUT2D eigenvalue weighted by atomic mass is 31.2. The van der Waals surface area contributed by atoms with Crippen LogP contribution in [0, 0.1) is 0 Å². The van der Waals surface area contributed by atoms with Crippen LogP contribution in [0.15, 0.2) is 134 Å². The van der Waals surface area contributed by atoms with Gasteiger partial charge < -0.3 is 33.8 Å². The Morgan fingerprint density at radius 3 is 0.959 bits per heavy atom. The zero-order valence-corrected chi connectivity index (χ0v) is 62.7. The molecule has 5 unspecified atom stereocenters. The van der Waals surface area contributed by atoms with E-state index in [1.807, 2.05) is 18.2 Å². The second-order valence-electron chi connectivity index (χ2n) is 24.5. The Bertz CT molecular complexity index is 2380. The van der Waals surface area contributed by atoms with Gasteiger partial charge >= 0.3 is 39.5 Å². The molecule has 0 radical (unpaired) electrons. The number of carbonyl (C=O) groups is 4. The molecule has 0 spiro atoms. The van der Waals surface area contributed by atoms with Crippen molar-refractivity contribution in [1.29, 1.82) is 0 Å². The van der Waals surface area contributed by atoms with Crippen LogP contribution in [0.1, 0.15) is 285 Å². The topological polar surface area (TPSA) is 237 Å². The van der Waals surface area contributed by atoms with Gasteiger partial charge in [0.1, 0.15) is 19.3 Å². The van der Waals surface area contributed by atoms with E-state index in [0.29, 0.717) is 25.7 Å². The molecule has 0 saturated heterocycles. The van der Waals surface area contributed by atoms with Gasteiger partial charge in [0.2, 0.25) is 0 Å². The van der Waals surface area contributed by atoms with Gasteiger partial charge in [0.15, 0.2) is 12.2 Å². The van der Waals surface area contributed by atoms with Gasteiger partial charge in [-0.05, 0) is 116 Å². The van der Waals surface area contributed by atoms with Crippen LogP contribution in [0.25, 0.3) is 0 Å². The first-order chi connectivity index (χ1) is 47.7. The number of ether oxygens (including phenoxy) is 4. The van der Waals surface area contributed by atoms with Crippen LogP contribution >= 0.6 is 15.6 Å². The highest BCUT2D eigenvalue weighted by Gasteiger charge is 2.30. The first kappa shape index (κ1) is 93.2. The summed E-state index contributed by atoms with van der Waals surface area (Å²) in [6.07, 6.45) is 77.7. The first-order valence-electron chi connectivity index (χ1n) is 37.4. The molecule has 0 bridgehead atoms. The SMILES string of the molecule is CC/C=C\C/C=C\C/C=C\C/C=C\C/C=C\CCCCCC(=O)OCC(COP(=O)(O)OCC(O)COP(=O)(O)OCC(COC(=O)C/C=C\C/C=C\C/C=C\C/C=C\C/C=C\CC)OC(=O)CCCCCCC/C=C\CCCC)OC(=O)CCCCCCCCCCCCCCC. The molecular formula is C79H132O17P2. The molecule has 5 atom stereocenters. The summed E-state index contributed by atoms with van der Waals surface area (Å²) in [4.78, 5) is 72.7. The van der Waals surface area contributed by atoms with Crippen molar-refractivity contribution >= 4 is 39.5 Å². The highest BCUT2D eigenvalue weighted by Crippen LogP contribution is 2.45. The summed E-state index contributed by atoms with van der Waals surface area (Å²) in [5.74, 6) is -2.37. The van der Waals surface area contributed by atoms with E-state index >= 15 is 0 Å². The average Bonchev–Trinajstić information content (AvgIpc) is 0.972. The Balaban J connectivity index is 5.41. The van der Waals surface area contributed by atoms with Gasteiger partial charge in [-0.25, -0.2) is 9.13 Å². The number of aliphatic hydroxyl groups excluding tert-OH is 1. The molecule has 0 fully saturated rings. The number of aliphatic hydroxyl groups is 1. The first-order valence-corrected chi connectivity index (χ1v) is 40.4. The summed E-state index contributed by atoms with van der Waals surface area (Å²) in [5, 5.41) is 10.6. The zero-order valence-electron chi connectivity index (χ0n) is 60.9. The van der Waals surface area contributed by atoms with Gasteiger partial charge in [0.05, 0.1) is 32.8 Å². The van der Waals surface area contributed by atoms with Crippen LogP contribution in [0.3, 0.4) is 0 Å². The third-order valence-corrected chi connectivity index (χ3v) is 17.0. The summed E-state index contributed by atoms with van der Waals surface area (Å²) in [6, 6.07) is 0. The van der Waals surface area contributed by atoms with Gasteiger partial charge in [-0.3, -0.25) is 37.3 Å². The van der Waals surface area contributed by atoms with Gasteiger partial charge in [-0.1, -0.05) is 277 Å². The van der Waals surface area contributed by atoms with Gasteiger partial charge in [-0.2, -0.15) is 0 Å². The number of hydrogen-bond acceptors (Lipinski definition) is 15. The number of unbranched alkanes of at least 4 members (excludes halogenated alkanes) is 22. The fourth-order valence-corrected chi connectivity index (χ4v) is 11.1. The number of carbonyl (C=O) groups excluding carboxylic acids is 4. The van der Waals surface area contributed by atoms with Gasteiger partial charge in [0, 0.05) is 19.3 Å². The fraction of sp³-hybridized carbons (Fsp3) is 0.671. The van der Waals surface area contributed by atoms with Crippen molar-refractivity contribution in [3.8, 4) is 0 Å². The van der Waals surface area contributed by atoms with Crippen molar-refractivity contribution in [3.05, 3.63) is 134 Å². The molecule has 0 amide bonds. The molecule has 0 heterocycles. The minimum Gasteiger partial charge on any atom is -0.462 e. The number of allylic oxidation sites excluding steroid dienone is 21. The molecule has 0 aromatic rings. The van der Waals surface area contributed by atoms with E-state index in [2.05, 4.69) is 137 Å². The summed E-state index contributed by atoms with van der Waals surface area (Å²) in [6.45, 7) is 4.43. The largest absolute Gasteiger partial charge is 0.472 e. The predicted molar refractivity (Wildman–Crippen MR) is 399 cm³/mol. The van der Waals surface area contributed by atoms with Crippen LogP contribution in [0.2, 0.25) is 0 Å². The van der Waals surface area contributed by atoms with Crippen molar-refractivity contribution in [1.82, 2.24) is 0 Å². The summed E-state index contributed by atoms with van der Waals surface area (Å²) in [7, 11) is -9.98. The second kappa shape index (κ2) is 70.6. The molecule has 17 nitrogen and oxygen atoms in total. The van der Waals surface area contributed by atoms with E-state index in [1.54, 1.807) is 6.08 Å². The normalized spacial score (nSPS) is 14.7. The molecule has 0 aromatic carbocycles. The fourth-order valence-electron chi connectivity index (χ4n) is 9.48. The zero-order chi connectivity index (χ0) is 71.8. The van der Waals surface area contributed by atoms with E-state index in [4.69, 9.17) is 37.0 Å². The standard InChI is InChI=1S/C79H132O17P2/c1-5-9-13-17-21-25-29-32-34-35-36-37-39-42-45-48-52-56-60-64-77(82)90-70-75(96-79(84)66-62-58-54-50-46-40-31-27-23-19-15-11-7-3)72-94-98(87,88)92-68-73(80)67-91-97(85,86)93-71-74(95-78(83)65-61-57-53-49-43-28-24-20-16-12-8-4)69-89-76(81)63-59-55-51-47-44-41-38-33-30-26-22-18-14-10-6-2/h9-10,13-14,20-22,24-26,32-34,36-38,42,44-45,47,55,59,73-75,80H,5-8,11-12,15-19,23,27-31,35,39-41,43,46,48-54,56-58,60-72H2,1-4H3,(H,85,86)(H,87,88)/b13-9-,14-10-,24-20-,25-21-,26-22-,34-32-,37-36-,38-33-,45-42-,47-44-,59-55-. The van der Waals surface area contributed by atoms with Crippen LogP contribution in [0.4, 0.5) is 0 Å². The average molecular weight is 1420 g/mol. The Morgan fingerprint density at radius 1 is 0.306 bits per heavy atom. The molecule has 0 rings (SSSR count). The van der Waals surface area contributed by atoms with Crippen LogP contribution in [-0.2, 0) is 65.4 Å². The van der Waals surface area contributed by atoms with Crippen molar-refractivity contribution < 1.29 is 80.2 Å². The monoisotopic (exact) mass is 1410 g/mol. The van der Waals surface area contributed by atoms with Crippen LogP contribution < -0.4 is 0 Å². The number of esters is 4. The molecule has 19 heteroatoms. The minimum absolute atomic E-state index is 0.0619. The third kappa shape index (κ3) is 69.7. The van der Waals surface area contributed by atoms with Crippen molar-refractivity contribution in [2.45, 2.75) is 303 Å². The molecule has 0 saturated carbocycles. The molecule has 0 aliphatic rings. The number of phosphoric ester groups is 2. The smallest absolute Gasteiger partial charge is 0.462 e. The van der Waals surface area contributed by atoms with Crippen LogP contribution in [-0.4, -0.2) is 96.7 Å². The summed E-state index contributed by atoms with van der Waals surface area (Å²) >= 11 is 0. The Kier molecular flexibility index (Phi) is 67.2. The van der Waals surface area contributed by atoms with Crippen molar-refractivity contribution in [3.63, 3.8) is 0 Å². The lowest BCUT2D eigenvalue weighted by atomic mass is 10.0. The van der Waals surface area contributed by atoms with Gasteiger partial charge in [0.25, 0.3) is 0 Å². The van der Waals surface area contributed by atoms with Crippen LogP contribution in [0.5, 0.6) is 0 Å². The quantitative estimate of drug-likeness (QED) is 0.0169. The summed E-state index contributed by atoms with van der Waals surface area (Å²) in [5.41, 5.74) is 0. The van der Waals surface area contributed by atoms with E-state index in [-0.39, 0.29) is 25.7 Å². The van der Waals surface area contributed by atoms with Gasteiger partial charge in [-0.15, -0.1) is 0 Å². The molecule has 3 N–H and O–H groups in total. The number of phosphoric acid groups is 2. The van der Waals surface area contributed by atoms with E-state index in [0.717, 1.165) is 141 Å². The lowest BCUT2D eigenvalue weighted by Gasteiger charge is -2.21. The molecule has 560 valence electrons. The Hall–Kier alpha value is -4.80. The second-order valence-corrected chi connectivity index (χ2v) is 27.4. The maximum absolute atomic E-state index is 13.1. The molecule has 0 aliphatic carbocycles. The molecule has 98 heavy (non-hydrogen) atoms. The van der Waals surface area contributed by atoms with E-state index in [9.17, 15) is 43.2 Å². The predicted octanol–water partition coefficient (Wildman–Crippen LogP) is 21.3. The number of rotatable bonds is 69. The highest BCUT2D eigenvalue weighted by molar-refractivity contribution is 7.47. The van der Waals surface area contributed by atoms with Crippen molar-refractivity contribution in [2.75, 3.05) is 39.6 Å². The van der Waals surface area contributed by atoms with E-state index < -0.39 is 97.5 Å². The Labute approximate surface area is 593 Å². The molecule has 0 aliphatic heterocycles. The number of hydrogen-bond donors (Lipinski definition) is 3. The Morgan fingerprint density at radius 2 is 0.582 bits per heavy atom. The lowest BCUT2D eigenvalue weighted by molar-refractivity contribution is -0.161. The van der Waals surface area contributed by atoms with Crippen molar-refractivity contribution in [2.24, 2.45) is 0 Å².